The summed E-state index contributed by atoms with van der Waals surface area (Å²) in [4.78, 5) is 14.5. The first kappa shape index (κ1) is 20.5. The molecule has 0 spiro atoms. The Morgan fingerprint density at radius 3 is 2.62 bits per heavy atom. The van der Waals surface area contributed by atoms with Crippen molar-refractivity contribution in [1.82, 2.24) is 4.90 Å². The van der Waals surface area contributed by atoms with Gasteiger partial charge in [0.2, 0.25) is 5.91 Å². The molecule has 0 heterocycles. The van der Waals surface area contributed by atoms with Crippen molar-refractivity contribution in [2.24, 2.45) is 0 Å². The van der Waals surface area contributed by atoms with Gasteiger partial charge in [-0.25, -0.2) is 4.39 Å². The van der Waals surface area contributed by atoms with E-state index in [2.05, 4.69) is 5.32 Å². The molecule has 1 amide bonds. The van der Waals surface area contributed by atoms with E-state index in [0.29, 0.717) is 28.8 Å². The third kappa shape index (κ3) is 5.10. The highest BCUT2D eigenvalue weighted by Gasteiger charge is 2.21. The van der Waals surface area contributed by atoms with Crippen molar-refractivity contribution < 1.29 is 13.9 Å². The number of nitrogens with zero attached hydrogens (tertiary/aromatic N) is 1. The van der Waals surface area contributed by atoms with Gasteiger partial charge in [-0.1, -0.05) is 36.2 Å². The van der Waals surface area contributed by atoms with Crippen molar-refractivity contribution in [3.63, 3.8) is 0 Å². The Kier molecular flexibility index (Phi) is 7.26. The van der Waals surface area contributed by atoms with Crippen LogP contribution in [-0.4, -0.2) is 30.5 Å². The van der Waals surface area contributed by atoms with E-state index >= 15 is 0 Å². The van der Waals surface area contributed by atoms with Gasteiger partial charge in [0.05, 0.1) is 23.9 Å². The topological polar surface area (TPSA) is 41.6 Å². The highest BCUT2D eigenvalue weighted by Crippen LogP contribution is 2.26. The van der Waals surface area contributed by atoms with Gasteiger partial charge in [-0.3, -0.25) is 9.69 Å². The second-order valence-electron chi connectivity index (χ2n) is 5.82. The first-order valence-corrected chi connectivity index (χ1v) is 8.93. The van der Waals surface area contributed by atoms with Gasteiger partial charge >= 0.3 is 0 Å². The standard InChI is InChI=1S/C19H21Cl2FN2O2/c1-4-24(11-13-5-8-18(26-3)16(22)9-13)12(2)19(25)23-17-10-14(20)6-7-15(17)21/h5-10,12H,4,11H2,1-3H3,(H,23,25)/t12-/m1/s1. The van der Waals surface area contributed by atoms with Gasteiger partial charge in [0.1, 0.15) is 0 Å². The predicted octanol–water partition coefficient (Wildman–Crippen LogP) is 4.99. The molecule has 0 aromatic heterocycles. The smallest absolute Gasteiger partial charge is 0.241 e. The Morgan fingerprint density at radius 1 is 1.27 bits per heavy atom. The summed E-state index contributed by atoms with van der Waals surface area (Å²) in [5, 5.41) is 3.69. The zero-order valence-corrected chi connectivity index (χ0v) is 16.4. The summed E-state index contributed by atoms with van der Waals surface area (Å²) >= 11 is 12.0. The summed E-state index contributed by atoms with van der Waals surface area (Å²) < 4.78 is 18.8. The summed E-state index contributed by atoms with van der Waals surface area (Å²) in [5.74, 6) is -0.452. The van der Waals surface area contributed by atoms with Crippen LogP contribution in [-0.2, 0) is 11.3 Å². The monoisotopic (exact) mass is 398 g/mol. The molecule has 0 aliphatic rings. The van der Waals surface area contributed by atoms with E-state index in [1.165, 1.54) is 13.2 Å². The molecule has 2 rings (SSSR count). The number of anilines is 1. The van der Waals surface area contributed by atoms with Gasteiger partial charge in [-0.2, -0.15) is 0 Å². The number of likely N-dealkylation sites (N-methyl/N-ethyl adjacent to an activating group) is 1. The number of nitrogens with one attached hydrogen (secondary N) is 1. The quantitative estimate of drug-likeness (QED) is 0.713. The average molecular weight is 399 g/mol. The predicted molar refractivity (Wildman–Crippen MR) is 104 cm³/mol. The van der Waals surface area contributed by atoms with Crippen LogP contribution < -0.4 is 10.1 Å². The van der Waals surface area contributed by atoms with Crippen LogP contribution in [0.2, 0.25) is 10.0 Å². The van der Waals surface area contributed by atoms with E-state index in [-0.39, 0.29) is 11.7 Å². The molecule has 26 heavy (non-hydrogen) atoms. The second-order valence-corrected chi connectivity index (χ2v) is 6.67. The summed E-state index contributed by atoms with van der Waals surface area (Å²) in [7, 11) is 1.42. The first-order chi connectivity index (χ1) is 12.3. The summed E-state index contributed by atoms with van der Waals surface area (Å²) in [6.07, 6.45) is 0. The van der Waals surface area contributed by atoms with Gasteiger partial charge in [0, 0.05) is 11.6 Å². The summed E-state index contributed by atoms with van der Waals surface area (Å²) in [6.45, 7) is 4.77. The number of carbonyl (C=O) groups is 1. The number of amides is 1. The van der Waals surface area contributed by atoms with Crippen molar-refractivity contribution in [1.29, 1.82) is 0 Å². The largest absolute Gasteiger partial charge is 0.494 e. The van der Waals surface area contributed by atoms with E-state index < -0.39 is 11.9 Å². The number of methoxy groups -OCH3 is 1. The minimum atomic E-state index is -0.444. The minimum Gasteiger partial charge on any atom is -0.494 e. The molecule has 0 aliphatic heterocycles. The normalized spacial score (nSPS) is 12.1. The van der Waals surface area contributed by atoms with E-state index in [1.54, 1.807) is 37.3 Å². The molecular weight excluding hydrogens is 378 g/mol. The molecule has 140 valence electrons. The molecule has 0 aliphatic carbocycles. The van der Waals surface area contributed by atoms with Crippen LogP contribution in [0.1, 0.15) is 19.4 Å². The minimum absolute atomic E-state index is 0.193. The van der Waals surface area contributed by atoms with Gasteiger partial charge in [0.15, 0.2) is 11.6 Å². The van der Waals surface area contributed by atoms with Crippen LogP contribution >= 0.6 is 23.2 Å². The van der Waals surface area contributed by atoms with Crippen molar-refractivity contribution >= 4 is 34.8 Å². The van der Waals surface area contributed by atoms with E-state index in [4.69, 9.17) is 27.9 Å². The van der Waals surface area contributed by atoms with Crippen molar-refractivity contribution in [3.8, 4) is 5.75 Å². The van der Waals surface area contributed by atoms with E-state index in [1.807, 2.05) is 11.8 Å². The molecule has 0 unspecified atom stereocenters. The Bertz CT molecular complexity index is 786. The third-order valence-electron chi connectivity index (χ3n) is 4.12. The fourth-order valence-electron chi connectivity index (χ4n) is 2.56. The number of ether oxygens (including phenoxy) is 1. The van der Waals surface area contributed by atoms with Gasteiger partial charge in [0.25, 0.3) is 0 Å². The molecule has 2 aromatic rings. The lowest BCUT2D eigenvalue weighted by Gasteiger charge is -2.27. The molecule has 7 heteroatoms. The van der Waals surface area contributed by atoms with Crippen LogP contribution in [0.25, 0.3) is 0 Å². The van der Waals surface area contributed by atoms with Gasteiger partial charge in [-0.05, 0) is 49.4 Å². The second kappa shape index (κ2) is 9.21. The average Bonchev–Trinajstić information content (AvgIpc) is 2.62. The SMILES string of the molecule is CCN(Cc1ccc(OC)c(F)c1)[C@H](C)C(=O)Nc1cc(Cl)ccc1Cl. The molecular formula is C19H21Cl2FN2O2. The summed E-state index contributed by atoms with van der Waals surface area (Å²) in [6, 6.07) is 9.21. The van der Waals surface area contributed by atoms with Crippen LogP contribution in [0, 0.1) is 5.82 Å². The molecule has 0 saturated carbocycles. The molecule has 2 aromatic carbocycles. The Balaban J connectivity index is 2.09. The van der Waals surface area contributed by atoms with Crippen LogP contribution in [0.4, 0.5) is 10.1 Å². The molecule has 0 saturated heterocycles. The molecule has 1 N–H and O–H groups in total. The molecule has 1 atom stereocenters. The number of carbonyl (C=O) groups excluding carboxylic acids is 1. The third-order valence-corrected chi connectivity index (χ3v) is 4.69. The van der Waals surface area contributed by atoms with Crippen molar-refractivity contribution in [2.75, 3.05) is 19.0 Å². The first-order valence-electron chi connectivity index (χ1n) is 8.18. The lowest BCUT2D eigenvalue weighted by Crippen LogP contribution is -2.41. The molecule has 0 radical (unpaired) electrons. The number of hydrogen-bond acceptors (Lipinski definition) is 3. The fourth-order valence-corrected chi connectivity index (χ4v) is 2.90. The van der Waals surface area contributed by atoms with Gasteiger partial charge < -0.3 is 10.1 Å². The fraction of sp³-hybridized carbons (Fsp3) is 0.316. The lowest BCUT2D eigenvalue weighted by atomic mass is 10.1. The Hall–Kier alpha value is -1.82. The van der Waals surface area contributed by atoms with Gasteiger partial charge in [-0.15, -0.1) is 0 Å². The number of halogens is 3. The zero-order chi connectivity index (χ0) is 19.3. The number of hydrogen-bond donors (Lipinski definition) is 1. The maximum atomic E-state index is 13.9. The molecule has 0 bridgehead atoms. The van der Waals surface area contributed by atoms with Crippen LogP contribution in [0.3, 0.4) is 0 Å². The van der Waals surface area contributed by atoms with Crippen LogP contribution in [0.5, 0.6) is 5.75 Å². The molecule has 0 fully saturated rings. The number of benzene rings is 2. The Labute approximate surface area is 162 Å². The number of rotatable bonds is 7. The maximum Gasteiger partial charge on any atom is 0.241 e. The maximum absolute atomic E-state index is 13.9. The highest BCUT2D eigenvalue weighted by atomic mass is 35.5. The van der Waals surface area contributed by atoms with E-state index in [0.717, 1.165) is 5.56 Å². The highest BCUT2D eigenvalue weighted by molar-refractivity contribution is 6.35. The molecule has 4 nitrogen and oxygen atoms in total. The Morgan fingerprint density at radius 2 is 2.00 bits per heavy atom. The lowest BCUT2D eigenvalue weighted by molar-refractivity contribution is -0.120. The van der Waals surface area contributed by atoms with Crippen LogP contribution in [0.15, 0.2) is 36.4 Å². The zero-order valence-electron chi connectivity index (χ0n) is 14.9. The summed E-state index contributed by atoms with van der Waals surface area (Å²) in [5.41, 5.74) is 1.22. The van der Waals surface area contributed by atoms with Crippen molar-refractivity contribution in [3.05, 3.63) is 57.8 Å². The van der Waals surface area contributed by atoms with E-state index in [9.17, 15) is 9.18 Å². The van der Waals surface area contributed by atoms with Crippen molar-refractivity contribution in [2.45, 2.75) is 26.4 Å².